The zero-order valence-electron chi connectivity index (χ0n) is 16.9. The number of unbranched alkanes of at least 4 members (excludes halogenated alkanes) is 1. The molecule has 0 saturated heterocycles. The maximum atomic E-state index is 12.4. The minimum Gasteiger partial charge on any atom is -0.480 e. The van der Waals surface area contributed by atoms with Gasteiger partial charge in [0.15, 0.2) is 0 Å². The summed E-state index contributed by atoms with van der Waals surface area (Å²) in [6, 6.07) is 15.2. The molecule has 0 heterocycles. The summed E-state index contributed by atoms with van der Waals surface area (Å²) in [7, 11) is 0. The minimum absolute atomic E-state index is 0.0712. The Bertz CT molecular complexity index is 882. The molecule has 0 spiro atoms. The Morgan fingerprint density at radius 1 is 1.03 bits per heavy atom. The van der Waals surface area contributed by atoms with E-state index in [1.807, 2.05) is 43.3 Å². The second kappa shape index (κ2) is 9.91. The van der Waals surface area contributed by atoms with E-state index in [1.54, 1.807) is 0 Å². The molecule has 2 amide bonds. The smallest absolute Gasteiger partial charge is 0.407 e. The van der Waals surface area contributed by atoms with Crippen molar-refractivity contribution in [3.05, 3.63) is 59.7 Å². The molecule has 7 heteroatoms. The molecule has 0 saturated carbocycles. The Kier molecular flexibility index (Phi) is 7.06. The van der Waals surface area contributed by atoms with E-state index in [0.717, 1.165) is 35.1 Å². The summed E-state index contributed by atoms with van der Waals surface area (Å²) in [5.41, 5.74) is 4.48. The molecule has 1 aliphatic rings. The molecule has 7 nitrogen and oxygen atoms in total. The molecular weight excluding hydrogens is 384 g/mol. The topological polar surface area (TPSA) is 105 Å². The lowest BCUT2D eigenvalue weighted by atomic mass is 9.98. The number of amides is 2. The fourth-order valence-electron chi connectivity index (χ4n) is 3.75. The third-order valence-electron chi connectivity index (χ3n) is 5.21. The summed E-state index contributed by atoms with van der Waals surface area (Å²) < 4.78 is 5.48. The van der Waals surface area contributed by atoms with Crippen molar-refractivity contribution < 1.29 is 24.2 Å². The first kappa shape index (κ1) is 21.4. The van der Waals surface area contributed by atoms with Gasteiger partial charge in [-0.15, -0.1) is 0 Å². The van der Waals surface area contributed by atoms with Gasteiger partial charge in [0.1, 0.15) is 19.2 Å². The molecule has 3 N–H and O–H groups in total. The Balaban J connectivity index is 1.64. The molecule has 0 aromatic heterocycles. The van der Waals surface area contributed by atoms with Gasteiger partial charge in [-0.05, 0) is 28.7 Å². The van der Waals surface area contributed by atoms with Gasteiger partial charge in [-0.25, -0.2) is 4.79 Å². The number of hydrogen-bond donors (Lipinski definition) is 3. The highest BCUT2D eigenvalue weighted by Crippen LogP contribution is 2.44. The highest BCUT2D eigenvalue weighted by molar-refractivity contribution is 5.88. The van der Waals surface area contributed by atoms with Crippen LogP contribution in [0.3, 0.4) is 0 Å². The summed E-state index contributed by atoms with van der Waals surface area (Å²) in [5.74, 6) is -1.74. The zero-order chi connectivity index (χ0) is 21.5. The van der Waals surface area contributed by atoms with Crippen molar-refractivity contribution in [1.29, 1.82) is 0 Å². The maximum absolute atomic E-state index is 12.4. The predicted octanol–water partition coefficient (Wildman–Crippen LogP) is 3.28. The van der Waals surface area contributed by atoms with Crippen LogP contribution < -0.4 is 10.6 Å². The average Bonchev–Trinajstić information content (AvgIpc) is 3.07. The number of hydrogen-bond acceptors (Lipinski definition) is 4. The van der Waals surface area contributed by atoms with Crippen LogP contribution in [0.4, 0.5) is 4.79 Å². The Labute approximate surface area is 175 Å². The van der Waals surface area contributed by atoms with E-state index in [-0.39, 0.29) is 12.5 Å². The quantitative estimate of drug-likeness (QED) is 0.588. The lowest BCUT2D eigenvalue weighted by Crippen LogP contribution is -2.48. The summed E-state index contributed by atoms with van der Waals surface area (Å²) in [4.78, 5) is 35.3. The highest BCUT2D eigenvalue weighted by atomic mass is 16.5. The van der Waals surface area contributed by atoms with E-state index in [4.69, 9.17) is 9.84 Å². The van der Waals surface area contributed by atoms with Gasteiger partial charge in [0.25, 0.3) is 0 Å². The summed E-state index contributed by atoms with van der Waals surface area (Å²) in [6.07, 6.45) is 1.28. The Morgan fingerprint density at radius 3 is 2.20 bits per heavy atom. The highest BCUT2D eigenvalue weighted by Gasteiger charge is 2.29. The summed E-state index contributed by atoms with van der Waals surface area (Å²) >= 11 is 0. The minimum atomic E-state index is -1.14. The number of fused-ring (bicyclic) bond motifs is 3. The normalized spacial score (nSPS) is 13.1. The Morgan fingerprint density at radius 2 is 1.63 bits per heavy atom. The molecule has 0 bridgehead atoms. The monoisotopic (exact) mass is 410 g/mol. The van der Waals surface area contributed by atoms with E-state index in [9.17, 15) is 14.4 Å². The van der Waals surface area contributed by atoms with Crippen molar-refractivity contribution >= 4 is 18.0 Å². The number of carboxylic acid groups (broad SMARTS) is 1. The predicted molar refractivity (Wildman–Crippen MR) is 112 cm³/mol. The number of aliphatic carboxylic acids is 1. The largest absolute Gasteiger partial charge is 0.480 e. The number of alkyl carbamates (subject to hydrolysis) is 1. The van der Waals surface area contributed by atoms with Crippen LogP contribution in [0.5, 0.6) is 0 Å². The van der Waals surface area contributed by atoms with Gasteiger partial charge in [0.05, 0.1) is 0 Å². The van der Waals surface area contributed by atoms with Crippen LogP contribution in [-0.4, -0.2) is 42.3 Å². The number of benzene rings is 2. The summed E-state index contributed by atoms with van der Waals surface area (Å²) in [6.45, 7) is 1.63. The van der Waals surface area contributed by atoms with Crippen LogP contribution in [0.25, 0.3) is 11.1 Å². The van der Waals surface area contributed by atoms with Crippen molar-refractivity contribution in [3.63, 3.8) is 0 Å². The molecule has 0 unspecified atom stereocenters. The molecule has 30 heavy (non-hydrogen) atoms. The van der Waals surface area contributed by atoms with Gasteiger partial charge in [-0.3, -0.25) is 9.59 Å². The van der Waals surface area contributed by atoms with Crippen LogP contribution in [0, 0.1) is 0 Å². The first-order valence-corrected chi connectivity index (χ1v) is 10.1. The summed E-state index contributed by atoms with van der Waals surface area (Å²) in [5, 5.41) is 13.6. The molecule has 2 aromatic carbocycles. The van der Waals surface area contributed by atoms with Crippen LogP contribution in [0.15, 0.2) is 48.5 Å². The van der Waals surface area contributed by atoms with E-state index in [1.165, 1.54) is 0 Å². The maximum Gasteiger partial charge on any atom is 0.407 e. The number of carboxylic acids is 1. The van der Waals surface area contributed by atoms with Crippen molar-refractivity contribution in [1.82, 2.24) is 10.6 Å². The molecular formula is C23H26N2O5. The zero-order valence-corrected chi connectivity index (χ0v) is 16.9. The van der Waals surface area contributed by atoms with Gasteiger partial charge >= 0.3 is 12.1 Å². The standard InChI is InChI=1S/C23H26N2O5/c1-2-3-12-20(22(28)24-13-21(26)27)25-23(29)30-14-19-17-10-6-4-8-15(17)16-9-5-7-11-18(16)19/h4-11,19-20H,2-3,12-14H2,1H3,(H,24,28)(H,25,29)(H,26,27)/t20-/m1/s1. The van der Waals surface area contributed by atoms with E-state index < -0.39 is 30.6 Å². The first-order valence-electron chi connectivity index (χ1n) is 10.1. The van der Waals surface area contributed by atoms with E-state index >= 15 is 0 Å². The van der Waals surface area contributed by atoms with Crippen molar-refractivity contribution in [2.75, 3.05) is 13.2 Å². The molecule has 2 aromatic rings. The van der Waals surface area contributed by atoms with Gasteiger partial charge in [0, 0.05) is 5.92 Å². The number of nitrogens with one attached hydrogen (secondary N) is 2. The van der Waals surface area contributed by atoms with Gasteiger partial charge in [0.2, 0.25) is 5.91 Å². The fourth-order valence-corrected chi connectivity index (χ4v) is 3.75. The third-order valence-corrected chi connectivity index (χ3v) is 5.21. The van der Waals surface area contributed by atoms with Crippen LogP contribution in [0.2, 0.25) is 0 Å². The van der Waals surface area contributed by atoms with Crippen LogP contribution in [-0.2, 0) is 14.3 Å². The van der Waals surface area contributed by atoms with Crippen LogP contribution in [0.1, 0.15) is 43.2 Å². The number of ether oxygens (including phenoxy) is 1. The number of carbonyl (C=O) groups is 3. The van der Waals surface area contributed by atoms with E-state index in [2.05, 4.69) is 22.8 Å². The van der Waals surface area contributed by atoms with E-state index in [0.29, 0.717) is 6.42 Å². The number of carbonyl (C=O) groups excluding carboxylic acids is 2. The first-order chi connectivity index (χ1) is 14.5. The molecule has 3 rings (SSSR count). The molecule has 0 aliphatic heterocycles. The van der Waals surface area contributed by atoms with Gasteiger partial charge in [-0.2, -0.15) is 0 Å². The van der Waals surface area contributed by atoms with Crippen molar-refractivity contribution in [2.24, 2.45) is 0 Å². The van der Waals surface area contributed by atoms with Gasteiger partial charge in [-0.1, -0.05) is 68.3 Å². The second-order valence-corrected chi connectivity index (χ2v) is 7.28. The molecule has 158 valence electrons. The molecule has 0 radical (unpaired) electrons. The molecule has 0 fully saturated rings. The van der Waals surface area contributed by atoms with Crippen molar-refractivity contribution in [3.8, 4) is 11.1 Å². The van der Waals surface area contributed by atoms with Gasteiger partial charge < -0.3 is 20.5 Å². The lowest BCUT2D eigenvalue weighted by Gasteiger charge is -2.19. The Hall–Kier alpha value is -3.35. The molecule has 1 aliphatic carbocycles. The second-order valence-electron chi connectivity index (χ2n) is 7.28. The average molecular weight is 410 g/mol. The van der Waals surface area contributed by atoms with Crippen LogP contribution >= 0.6 is 0 Å². The lowest BCUT2D eigenvalue weighted by molar-refractivity contribution is -0.138. The molecule has 1 atom stereocenters. The SMILES string of the molecule is CCCC[C@@H](NC(=O)OCC1c2ccccc2-c2ccccc21)C(=O)NCC(=O)O. The van der Waals surface area contributed by atoms with Crippen molar-refractivity contribution in [2.45, 2.75) is 38.1 Å². The number of rotatable bonds is 9. The fraction of sp³-hybridized carbons (Fsp3) is 0.348. The third kappa shape index (κ3) is 4.97.